The Labute approximate surface area is 168 Å². The molecular weight excluding hydrogens is 376 g/mol. The van der Waals surface area contributed by atoms with Crippen molar-refractivity contribution in [3.63, 3.8) is 0 Å². The maximum absolute atomic E-state index is 12.5. The third-order valence-corrected chi connectivity index (χ3v) is 5.78. The van der Waals surface area contributed by atoms with Gasteiger partial charge in [0, 0.05) is 16.0 Å². The Morgan fingerprint density at radius 3 is 2.67 bits per heavy atom. The molecule has 4 nitrogen and oxygen atoms in total. The zero-order valence-electron chi connectivity index (χ0n) is 15.4. The quantitative estimate of drug-likeness (QED) is 0.435. The van der Waals surface area contributed by atoms with Gasteiger partial charge in [0.1, 0.15) is 12.4 Å². The highest BCUT2D eigenvalue weighted by Crippen LogP contribution is 2.26. The Kier molecular flexibility index (Phi) is 6.90. The van der Waals surface area contributed by atoms with Crippen LogP contribution in [0, 0.1) is 13.8 Å². The maximum Gasteiger partial charge on any atom is 0.252 e. The Morgan fingerprint density at radius 2 is 1.93 bits per heavy atom. The molecule has 0 aliphatic carbocycles. The van der Waals surface area contributed by atoms with Gasteiger partial charge in [0.2, 0.25) is 0 Å². The highest BCUT2D eigenvalue weighted by molar-refractivity contribution is 7.98. The lowest BCUT2D eigenvalue weighted by Gasteiger charge is -2.10. The van der Waals surface area contributed by atoms with Gasteiger partial charge < -0.3 is 10.1 Å². The summed E-state index contributed by atoms with van der Waals surface area (Å²) in [7, 11) is 0. The average molecular weight is 399 g/mol. The van der Waals surface area contributed by atoms with Crippen molar-refractivity contribution < 1.29 is 9.53 Å². The van der Waals surface area contributed by atoms with Crippen molar-refractivity contribution in [2.45, 2.75) is 24.5 Å². The van der Waals surface area contributed by atoms with Gasteiger partial charge in [-0.1, -0.05) is 29.8 Å². The second kappa shape index (κ2) is 9.58. The number of amides is 1. The lowest BCUT2D eigenvalue weighted by Crippen LogP contribution is -2.28. The fourth-order valence-corrected chi connectivity index (χ4v) is 4.13. The third kappa shape index (κ3) is 5.84. The van der Waals surface area contributed by atoms with Crippen LogP contribution in [0.25, 0.3) is 0 Å². The number of nitrogens with zero attached hydrogens (tertiary/aromatic N) is 1. The van der Waals surface area contributed by atoms with E-state index in [2.05, 4.69) is 15.7 Å². The molecule has 0 spiro atoms. The zero-order valence-corrected chi connectivity index (χ0v) is 17.0. The van der Waals surface area contributed by atoms with Crippen molar-refractivity contribution in [2.24, 2.45) is 0 Å². The number of aryl methyl sites for hydroxylation is 2. The second-order valence-electron chi connectivity index (χ2n) is 6.06. The van der Waals surface area contributed by atoms with Crippen molar-refractivity contribution in [1.29, 1.82) is 0 Å². The van der Waals surface area contributed by atoms with Crippen LogP contribution in [-0.2, 0) is 5.75 Å². The summed E-state index contributed by atoms with van der Waals surface area (Å²) in [6.45, 7) is 4.92. The summed E-state index contributed by atoms with van der Waals surface area (Å²) in [5.41, 5.74) is 2.92. The number of hydrogen-bond acceptors (Lipinski definition) is 5. The molecular formula is C21H22N2O2S2. The number of thioether (sulfide) groups is 1. The minimum absolute atomic E-state index is 0.0833. The molecule has 3 rings (SSSR count). The van der Waals surface area contributed by atoms with Crippen LogP contribution in [0.2, 0.25) is 0 Å². The molecule has 1 amide bonds. The van der Waals surface area contributed by atoms with Crippen LogP contribution in [-0.4, -0.2) is 24.0 Å². The molecule has 0 saturated carbocycles. The first-order valence-corrected chi connectivity index (χ1v) is 10.6. The number of ether oxygens (including phenoxy) is 1. The molecule has 0 unspecified atom stereocenters. The van der Waals surface area contributed by atoms with Crippen LogP contribution < -0.4 is 10.1 Å². The van der Waals surface area contributed by atoms with E-state index in [9.17, 15) is 4.79 Å². The van der Waals surface area contributed by atoms with E-state index in [0.29, 0.717) is 18.7 Å². The highest BCUT2D eigenvalue weighted by atomic mass is 32.2. The van der Waals surface area contributed by atoms with E-state index in [1.807, 2.05) is 62.4 Å². The molecule has 0 saturated heterocycles. The van der Waals surface area contributed by atoms with Crippen molar-refractivity contribution in [3.8, 4) is 5.75 Å². The van der Waals surface area contributed by atoms with Crippen LogP contribution in [0.4, 0.5) is 0 Å². The van der Waals surface area contributed by atoms with Gasteiger partial charge in [-0.15, -0.1) is 23.1 Å². The van der Waals surface area contributed by atoms with E-state index in [4.69, 9.17) is 4.74 Å². The molecule has 1 aromatic heterocycles. The summed E-state index contributed by atoms with van der Waals surface area (Å²) < 4.78 is 5.66. The first-order valence-electron chi connectivity index (χ1n) is 8.72. The van der Waals surface area contributed by atoms with Crippen molar-refractivity contribution in [2.75, 3.05) is 13.2 Å². The minimum Gasteiger partial charge on any atom is -0.492 e. The number of aromatic nitrogens is 1. The van der Waals surface area contributed by atoms with E-state index in [0.717, 1.165) is 27.1 Å². The smallest absolute Gasteiger partial charge is 0.252 e. The van der Waals surface area contributed by atoms with Crippen LogP contribution in [0.15, 0.2) is 58.8 Å². The van der Waals surface area contributed by atoms with Crippen LogP contribution in [0.3, 0.4) is 0 Å². The normalized spacial score (nSPS) is 10.6. The lowest BCUT2D eigenvalue weighted by atomic mass is 10.2. The van der Waals surface area contributed by atoms with Gasteiger partial charge >= 0.3 is 0 Å². The summed E-state index contributed by atoms with van der Waals surface area (Å²) in [4.78, 5) is 18.0. The Morgan fingerprint density at radius 1 is 1.15 bits per heavy atom. The number of carbonyl (C=O) groups excluding carboxylic acids is 1. The van der Waals surface area contributed by atoms with Gasteiger partial charge in [0.15, 0.2) is 0 Å². The van der Waals surface area contributed by atoms with E-state index in [1.54, 1.807) is 23.1 Å². The fraction of sp³-hybridized carbons (Fsp3) is 0.238. The Balaban J connectivity index is 1.51. The van der Waals surface area contributed by atoms with Crippen molar-refractivity contribution >= 4 is 29.0 Å². The van der Waals surface area contributed by atoms with E-state index < -0.39 is 0 Å². The molecule has 0 aliphatic rings. The molecule has 0 radical (unpaired) electrons. The van der Waals surface area contributed by atoms with Crippen LogP contribution in [0.5, 0.6) is 5.75 Å². The van der Waals surface area contributed by atoms with Crippen molar-refractivity contribution in [3.05, 3.63) is 75.7 Å². The predicted molar refractivity (Wildman–Crippen MR) is 112 cm³/mol. The SMILES string of the molecule is Cc1ccc(OCCNC(=O)c2ccccc2SCc2csc(C)n2)cc1. The van der Waals surface area contributed by atoms with Gasteiger partial charge in [0.25, 0.3) is 5.91 Å². The van der Waals surface area contributed by atoms with Crippen LogP contribution in [0.1, 0.15) is 26.6 Å². The van der Waals surface area contributed by atoms with Gasteiger partial charge in [0.05, 0.1) is 22.8 Å². The monoisotopic (exact) mass is 398 g/mol. The number of hydrogen-bond donors (Lipinski definition) is 1. The molecule has 2 aromatic carbocycles. The van der Waals surface area contributed by atoms with Gasteiger partial charge in [-0.3, -0.25) is 4.79 Å². The van der Waals surface area contributed by atoms with E-state index in [1.165, 1.54) is 5.56 Å². The third-order valence-electron chi connectivity index (χ3n) is 3.85. The van der Waals surface area contributed by atoms with Crippen molar-refractivity contribution in [1.82, 2.24) is 10.3 Å². The van der Waals surface area contributed by atoms with Gasteiger partial charge in [-0.05, 0) is 38.1 Å². The first-order chi connectivity index (χ1) is 13.1. The summed E-state index contributed by atoms with van der Waals surface area (Å²) in [6, 6.07) is 15.5. The first kappa shape index (κ1) is 19.5. The Bertz CT molecular complexity index is 891. The standard InChI is InChI=1S/C21H22N2O2S2/c1-15-7-9-18(10-8-15)25-12-11-22-21(24)19-5-3-4-6-20(19)27-14-17-13-26-16(2)23-17/h3-10,13H,11-12,14H2,1-2H3,(H,22,24). The Hall–Kier alpha value is -2.31. The molecule has 0 bridgehead atoms. The molecule has 3 aromatic rings. The van der Waals surface area contributed by atoms with E-state index >= 15 is 0 Å². The van der Waals surface area contributed by atoms with E-state index in [-0.39, 0.29) is 5.91 Å². The number of rotatable bonds is 8. The minimum atomic E-state index is -0.0833. The number of thiazole rings is 1. The molecule has 1 heterocycles. The zero-order chi connectivity index (χ0) is 19.1. The highest BCUT2D eigenvalue weighted by Gasteiger charge is 2.11. The number of nitrogens with one attached hydrogen (secondary N) is 1. The molecule has 0 fully saturated rings. The molecule has 27 heavy (non-hydrogen) atoms. The molecule has 0 aliphatic heterocycles. The van der Waals surface area contributed by atoms with Gasteiger partial charge in [-0.25, -0.2) is 4.98 Å². The average Bonchev–Trinajstić information content (AvgIpc) is 3.10. The summed E-state index contributed by atoms with van der Waals surface area (Å²) in [5.74, 6) is 1.48. The van der Waals surface area contributed by atoms with Gasteiger partial charge in [-0.2, -0.15) is 0 Å². The summed E-state index contributed by atoms with van der Waals surface area (Å²) >= 11 is 3.28. The number of benzene rings is 2. The molecule has 6 heteroatoms. The largest absolute Gasteiger partial charge is 0.492 e. The summed E-state index contributed by atoms with van der Waals surface area (Å²) in [6.07, 6.45) is 0. The van der Waals surface area contributed by atoms with Crippen LogP contribution >= 0.6 is 23.1 Å². The molecule has 1 N–H and O–H groups in total. The molecule has 140 valence electrons. The number of carbonyl (C=O) groups is 1. The maximum atomic E-state index is 12.5. The predicted octanol–water partition coefficient (Wildman–Crippen LogP) is 4.86. The fourth-order valence-electron chi connectivity index (χ4n) is 2.47. The lowest BCUT2D eigenvalue weighted by molar-refractivity contribution is 0.0944. The second-order valence-corrected chi connectivity index (χ2v) is 8.14. The molecule has 0 atom stereocenters. The summed E-state index contributed by atoms with van der Waals surface area (Å²) in [5, 5.41) is 6.06. The topological polar surface area (TPSA) is 51.2 Å².